The van der Waals surface area contributed by atoms with Gasteiger partial charge in [0.05, 0.1) is 16.4 Å². The molecule has 0 bridgehead atoms. The molecule has 0 aromatic carbocycles. The van der Waals surface area contributed by atoms with Crippen molar-refractivity contribution in [3.63, 3.8) is 0 Å². The Morgan fingerprint density at radius 1 is 1.47 bits per heavy atom. The molecule has 2 heterocycles. The van der Waals surface area contributed by atoms with Crippen molar-refractivity contribution in [2.24, 2.45) is 0 Å². The van der Waals surface area contributed by atoms with E-state index < -0.39 is 0 Å². The summed E-state index contributed by atoms with van der Waals surface area (Å²) in [5.41, 5.74) is 0.950. The molecule has 0 fully saturated rings. The second-order valence-corrected chi connectivity index (χ2v) is 5.68. The van der Waals surface area contributed by atoms with E-state index in [0.717, 1.165) is 27.4 Å². The Balaban J connectivity index is 2.55. The van der Waals surface area contributed by atoms with Crippen molar-refractivity contribution in [2.75, 3.05) is 12.4 Å². The highest BCUT2D eigenvalue weighted by Crippen LogP contribution is 2.30. The maximum atomic E-state index is 5.86. The van der Waals surface area contributed by atoms with Crippen LogP contribution in [0.2, 0.25) is 4.34 Å². The second kappa shape index (κ2) is 5.29. The number of nitrogens with one attached hydrogen (secondary N) is 1. The second-order valence-electron chi connectivity index (χ2n) is 3.23. The third-order valence-corrected chi connectivity index (χ3v) is 4.10. The minimum atomic E-state index is 0.603. The minimum Gasteiger partial charge on any atom is -0.372 e. The number of hydrogen-bond donors (Lipinski definition) is 1. The summed E-state index contributed by atoms with van der Waals surface area (Å²) in [6.45, 7) is 2.05. The van der Waals surface area contributed by atoms with Gasteiger partial charge < -0.3 is 5.32 Å². The number of anilines is 1. The summed E-state index contributed by atoms with van der Waals surface area (Å²) in [6.07, 6.45) is 2.43. The lowest BCUT2D eigenvalue weighted by molar-refractivity contribution is 0.989. The zero-order valence-electron chi connectivity index (χ0n) is 9.29. The lowest BCUT2D eigenvalue weighted by Crippen LogP contribution is -2.02. The Kier molecular flexibility index (Phi) is 3.96. The molecule has 2 rings (SSSR count). The number of rotatable bonds is 3. The first kappa shape index (κ1) is 12.7. The Morgan fingerprint density at radius 2 is 2.24 bits per heavy atom. The molecule has 1 N–H and O–H groups in total. The molecular weight excluding hydrogens is 324 g/mol. The van der Waals surface area contributed by atoms with Gasteiger partial charge in [-0.25, -0.2) is 15.0 Å². The molecule has 0 saturated carbocycles. The number of nitrogens with zero attached hydrogens (tertiary/aromatic N) is 3. The van der Waals surface area contributed by atoms with Crippen molar-refractivity contribution in [1.29, 1.82) is 0 Å². The summed E-state index contributed by atoms with van der Waals surface area (Å²) in [6, 6.07) is 0. The molecular formula is C10H10BrClN4S. The van der Waals surface area contributed by atoms with E-state index in [-0.39, 0.29) is 0 Å². The normalized spacial score (nSPS) is 10.6. The molecule has 0 aliphatic heterocycles. The van der Waals surface area contributed by atoms with E-state index in [1.165, 1.54) is 11.3 Å². The molecule has 0 atom stereocenters. The summed E-state index contributed by atoms with van der Waals surface area (Å²) < 4.78 is 1.53. The number of aryl methyl sites for hydroxylation is 1. The van der Waals surface area contributed by atoms with E-state index >= 15 is 0 Å². The first-order valence-electron chi connectivity index (χ1n) is 5.01. The lowest BCUT2D eigenvalue weighted by atomic mass is 10.3. The monoisotopic (exact) mass is 332 g/mol. The molecule has 0 unspecified atom stereocenters. The van der Waals surface area contributed by atoms with Crippen LogP contribution in [0.5, 0.6) is 0 Å². The minimum absolute atomic E-state index is 0.603. The Bertz CT molecular complexity index is 518. The molecule has 2 aromatic heterocycles. The van der Waals surface area contributed by atoms with Gasteiger partial charge in [0.2, 0.25) is 0 Å². The van der Waals surface area contributed by atoms with Crippen molar-refractivity contribution < 1.29 is 0 Å². The fraction of sp³-hybridized carbons (Fsp3) is 0.300. The summed E-state index contributed by atoms with van der Waals surface area (Å²) in [5, 5.41) is 3.76. The average molecular weight is 334 g/mol. The third-order valence-electron chi connectivity index (χ3n) is 2.16. The van der Waals surface area contributed by atoms with Crippen LogP contribution in [0.3, 0.4) is 0 Å². The van der Waals surface area contributed by atoms with Crippen LogP contribution in [0.15, 0.2) is 10.7 Å². The van der Waals surface area contributed by atoms with Crippen molar-refractivity contribution in [1.82, 2.24) is 15.0 Å². The molecule has 17 heavy (non-hydrogen) atoms. The van der Waals surface area contributed by atoms with Crippen LogP contribution < -0.4 is 5.32 Å². The first-order valence-corrected chi connectivity index (χ1v) is 7.00. The smallest absolute Gasteiger partial charge is 0.191 e. The molecule has 0 spiro atoms. The van der Waals surface area contributed by atoms with Crippen LogP contribution in [0, 0.1) is 0 Å². The fourth-order valence-electron chi connectivity index (χ4n) is 1.35. The third kappa shape index (κ3) is 2.59. The molecule has 0 radical (unpaired) electrons. The van der Waals surface area contributed by atoms with Gasteiger partial charge in [-0.15, -0.1) is 0 Å². The molecule has 2 aromatic rings. The highest BCUT2D eigenvalue weighted by molar-refractivity contribution is 9.10. The van der Waals surface area contributed by atoms with Crippen LogP contribution in [0.4, 0.5) is 5.82 Å². The standard InChI is InChI=1S/C10H10BrClN4S/c1-3-5-7(11)8(13-2)16-9(15-5)10-14-4-6(12)17-10/h4H,3H2,1-2H3,(H,13,15,16). The Morgan fingerprint density at radius 3 is 2.76 bits per heavy atom. The van der Waals surface area contributed by atoms with E-state index in [0.29, 0.717) is 10.2 Å². The van der Waals surface area contributed by atoms with Crippen molar-refractivity contribution in [3.8, 4) is 10.8 Å². The maximum Gasteiger partial charge on any atom is 0.191 e. The predicted molar refractivity (Wildman–Crippen MR) is 74.8 cm³/mol. The van der Waals surface area contributed by atoms with Gasteiger partial charge in [0.25, 0.3) is 0 Å². The highest BCUT2D eigenvalue weighted by atomic mass is 79.9. The van der Waals surface area contributed by atoms with E-state index in [1.807, 2.05) is 14.0 Å². The SMILES string of the molecule is CCc1nc(-c2ncc(Cl)s2)nc(NC)c1Br. The van der Waals surface area contributed by atoms with Gasteiger partial charge >= 0.3 is 0 Å². The molecule has 0 saturated heterocycles. The number of hydrogen-bond acceptors (Lipinski definition) is 5. The average Bonchev–Trinajstić information content (AvgIpc) is 2.76. The highest BCUT2D eigenvalue weighted by Gasteiger charge is 2.13. The Hall–Kier alpha value is -0.720. The van der Waals surface area contributed by atoms with Crippen molar-refractivity contribution in [2.45, 2.75) is 13.3 Å². The van der Waals surface area contributed by atoms with Gasteiger partial charge in [-0.1, -0.05) is 29.9 Å². The van der Waals surface area contributed by atoms with Gasteiger partial charge in [-0.3, -0.25) is 0 Å². The van der Waals surface area contributed by atoms with Gasteiger partial charge in [0.1, 0.15) is 10.2 Å². The topological polar surface area (TPSA) is 50.7 Å². The summed E-state index contributed by atoms with van der Waals surface area (Å²) in [4.78, 5) is 13.1. The van der Waals surface area contributed by atoms with Crippen LogP contribution in [0.25, 0.3) is 10.8 Å². The largest absolute Gasteiger partial charge is 0.372 e. The zero-order valence-corrected chi connectivity index (χ0v) is 12.4. The predicted octanol–water partition coefficient (Wildman–Crippen LogP) is 3.62. The fourth-order valence-corrected chi connectivity index (χ4v) is 2.85. The molecule has 4 nitrogen and oxygen atoms in total. The summed E-state index contributed by atoms with van der Waals surface area (Å²) in [7, 11) is 1.82. The number of aromatic nitrogens is 3. The van der Waals surface area contributed by atoms with Crippen LogP contribution in [-0.2, 0) is 6.42 Å². The number of thiazole rings is 1. The van der Waals surface area contributed by atoms with Crippen molar-refractivity contribution >= 4 is 44.7 Å². The van der Waals surface area contributed by atoms with Crippen LogP contribution >= 0.6 is 38.9 Å². The molecule has 0 amide bonds. The number of halogens is 2. The van der Waals surface area contributed by atoms with Crippen molar-refractivity contribution in [3.05, 3.63) is 20.7 Å². The quantitative estimate of drug-likeness (QED) is 0.932. The van der Waals surface area contributed by atoms with Crippen LogP contribution in [-0.4, -0.2) is 22.0 Å². The summed E-state index contributed by atoms with van der Waals surface area (Å²) in [5.74, 6) is 1.37. The van der Waals surface area contributed by atoms with Gasteiger partial charge in [-0.05, 0) is 22.4 Å². The van der Waals surface area contributed by atoms with Crippen LogP contribution in [0.1, 0.15) is 12.6 Å². The van der Waals surface area contributed by atoms with E-state index in [1.54, 1.807) is 6.20 Å². The van der Waals surface area contributed by atoms with E-state index in [4.69, 9.17) is 11.6 Å². The molecule has 0 aliphatic rings. The summed E-state index contributed by atoms with van der Waals surface area (Å²) >= 11 is 10.7. The van der Waals surface area contributed by atoms with Gasteiger partial charge in [0, 0.05) is 7.05 Å². The molecule has 7 heteroatoms. The zero-order chi connectivity index (χ0) is 12.4. The molecule has 0 aliphatic carbocycles. The first-order chi connectivity index (χ1) is 8.15. The van der Waals surface area contributed by atoms with E-state index in [2.05, 4.69) is 36.2 Å². The van der Waals surface area contributed by atoms with Gasteiger partial charge in [0.15, 0.2) is 10.8 Å². The van der Waals surface area contributed by atoms with Gasteiger partial charge in [-0.2, -0.15) is 0 Å². The molecule has 90 valence electrons. The Labute approximate surface area is 117 Å². The maximum absolute atomic E-state index is 5.86. The van der Waals surface area contributed by atoms with E-state index in [9.17, 15) is 0 Å². The lowest BCUT2D eigenvalue weighted by Gasteiger charge is -2.08.